The van der Waals surface area contributed by atoms with Gasteiger partial charge in [-0.1, -0.05) is 11.6 Å². The number of rotatable bonds is 3. The van der Waals surface area contributed by atoms with Gasteiger partial charge in [-0.25, -0.2) is 18.7 Å². The van der Waals surface area contributed by atoms with Crippen LogP contribution in [0.1, 0.15) is 0 Å². The summed E-state index contributed by atoms with van der Waals surface area (Å²) in [5.74, 6) is -1.16. The van der Waals surface area contributed by atoms with Crippen LogP contribution in [-0.2, 0) is 0 Å². The number of hydrogen-bond acceptors (Lipinski definition) is 4. The van der Waals surface area contributed by atoms with Crippen LogP contribution in [0.3, 0.4) is 0 Å². The average molecular weight is 258 g/mol. The van der Waals surface area contributed by atoms with Crippen molar-refractivity contribution in [1.29, 1.82) is 0 Å². The van der Waals surface area contributed by atoms with Crippen LogP contribution in [0, 0.1) is 5.82 Å². The molecule has 2 heterocycles. The molecule has 4 nitrogen and oxygen atoms in total. The highest BCUT2D eigenvalue weighted by Gasteiger charge is 2.08. The van der Waals surface area contributed by atoms with Crippen molar-refractivity contribution in [2.45, 2.75) is 0 Å². The van der Waals surface area contributed by atoms with Crippen molar-refractivity contribution in [3.05, 3.63) is 35.6 Å². The van der Waals surface area contributed by atoms with E-state index in [4.69, 9.17) is 11.6 Å². The van der Waals surface area contributed by atoms with E-state index in [1.54, 1.807) is 0 Å². The molecular formula is C10H6ClF2N3O. The highest BCUT2D eigenvalue weighted by Crippen LogP contribution is 2.21. The van der Waals surface area contributed by atoms with Crippen LogP contribution >= 0.6 is 11.6 Å². The van der Waals surface area contributed by atoms with Crippen molar-refractivity contribution in [2.24, 2.45) is 0 Å². The largest absolute Gasteiger partial charge is 0.444 e. The maximum Gasteiger partial charge on any atom is 0.252 e. The fourth-order valence-electron chi connectivity index (χ4n) is 1.18. The highest BCUT2D eigenvalue weighted by molar-refractivity contribution is 6.29. The first-order chi connectivity index (χ1) is 8.20. The van der Waals surface area contributed by atoms with E-state index in [0.29, 0.717) is 11.3 Å². The SMILES string of the molecule is FCOc1ncc(-c2cnc(Cl)cn2)cc1F. The molecule has 2 aromatic heterocycles. The normalized spacial score (nSPS) is 10.3. The Morgan fingerprint density at radius 1 is 1.18 bits per heavy atom. The molecule has 2 aromatic rings. The van der Waals surface area contributed by atoms with E-state index in [-0.39, 0.29) is 5.15 Å². The minimum atomic E-state index is -1.13. The zero-order valence-electron chi connectivity index (χ0n) is 8.40. The summed E-state index contributed by atoms with van der Waals surface area (Å²) in [6.45, 7) is -1.13. The minimum absolute atomic E-state index is 0.236. The van der Waals surface area contributed by atoms with E-state index in [1.807, 2.05) is 0 Å². The molecule has 88 valence electrons. The first-order valence-corrected chi connectivity index (χ1v) is 4.90. The third-order valence-electron chi connectivity index (χ3n) is 1.91. The molecular weight excluding hydrogens is 252 g/mol. The Hall–Kier alpha value is -1.82. The van der Waals surface area contributed by atoms with Crippen molar-refractivity contribution in [3.8, 4) is 17.1 Å². The number of hydrogen-bond donors (Lipinski definition) is 0. The zero-order valence-corrected chi connectivity index (χ0v) is 9.16. The second-order valence-electron chi connectivity index (χ2n) is 2.99. The van der Waals surface area contributed by atoms with E-state index in [2.05, 4.69) is 19.7 Å². The van der Waals surface area contributed by atoms with Gasteiger partial charge in [0, 0.05) is 11.8 Å². The summed E-state index contributed by atoms with van der Waals surface area (Å²) in [4.78, 5) is 11.4. The molecule has 0 aliphatic rings. The van der Waals surface area contributed by atoms with Crippen LogP contribution in [0.4, 0.5) is 8.78 Å². The summed E-state index contributed by atoms with van der Waals surface area (Å²) in [6, 6.07) is 1.13. The van der Waals surface area contributed by atoms with Crippen molar-refractivity contribution < 1.29 is 13.5 Å². The molecule has 0 aromatic carbocycles. The molecule has 0 bridgehead atoms. The van der Waals surface area contributed by atoms with E-state index in [1.165, 1.54) is 18.6 Å². The van der Waals surface area contributed by atoms with E-state index >= 15 is 0 Å². The van der Waals surface area contributed by atoms with Crippen LogP contribution in [0.5, 0.6) is 5.88 Å². The van der Waals surface area contributed by atoms with Crippen LogP contribution in [0.25, 0.3) is 11.3 Å². The molecule has 0 aliphatic carbocycles. The van der Waals surface area contributed by atoms with Gasteiger partial charge >= 0.3 is 0 Å². The zero-order chi connectivity index (χ0) is 12.3. The number of ether oxygens (including phenoxy) is 1. The predicted molar refractivity (Wildman–Crippen MR) is 56.8 cm³/mol. The molecule has 0 atom stereocenters. The third kappa shape index (κ3) is 2.65. The molecule has 17 heavy (non-hydrogen) atoms. The van der Waals surface area contributed by atoms with Crippen LogP contribution < -0.4 is 4.74 Å². The first kappa shape index (κ1) is 11.7. The Morgan fingerprint density at radius 2 is 2.00 bits per heavy atom. The van der Waals surface area contributed by atoms with Crippen LogP contribution in [0.2, 0.25) is 5.15 Å². The molecule has 0 aliphatic heterocycles. The highest BCUT2D eigenvalue weighted by atomic mass is 35.5. The summed E-state index contributed by atoms with van der Waals surface area (Å²) >= 11 is 5.57. The molecule has 0 saturated carbocycles. The van der Waals surface area contributed by atoms with Crippen molar-refractivity contribution in [2.75, 3.05) is 6.86 Å². The molecule has 2 rings (SSSR count). The maximum atomic E-state index is 13.4. The fraction of sp³-hybridized carbons (Fsp3) is 0.100. The summed E-state index contributed by atoms with van der Waals surface area (Å²) in [5, 5.41) is 0.236. The summed E-state index contributed by atoms with van der Waals surface area (Å²) < 4.78 is 29.6. The Balaban J connectivity index is 2.34. The summed E-state index contributed by atoms with van der Waals surface area (Å²) in [7, 11) is 0. The van der Waals surface area contributed by atoms with Gasteiger partial charge in [0.15, 0.2) is 5.82 Å². The molecule has 0 radical (unpaired) electrons. The lowest BCUT2D eigenvalue weighted by atomic mass is 10.2. The van der Waals surface area contributed by atoms with Crippen LogP contribution in [-0.4, -0.2) is 21.8 Å². The molecule has 0 fully saturated rings. The lowest BCUT2D eigenvalue weighted by molar-refractivity contribution is 0.177. The number of pyridine rings is 1. The molecule has 0 unspecified atom stereocenters. The van der Waals surface area contributed by atoms with Gasteiger partial charge in [-0.2, -0.15) is 0 Å². The molecule has 0 spiro atoms. The molecule has 7 heteroatoms. The van der Waals surface area contributed by atoms with Gasteiger partial charge in [0.2, 0.25) is 6.86 Å². The molecule has 0 amide bonds. The standard InChI is InChI=1S/C10H6ClF2N3O/c11-9-4-14-8(3-15-9)6-1-7(13)10(16-2-6)17-5-12/h1-4H,5H2. The van der Waals surface area contributed by atoms with Crippen molar-refractivity contribution >= 4 is 11.6 Å². The van der Waals surface area contributed by atoms with Gasteiger partial charge in [-0.3, -0.25) is 4.98 Å². The van der Waals surface area contributed by atoms with Gasteiger partial charge in [-0.05, 0) is 6.07 Å². The first-order valence-electron chi connectivity index (χ1n) is 4.53. The van der Waals surface area contributed by atoms with Gasteiger partial charge < -0.3 is 4.74 Å². The third-order valence-corrected chi connectivity index (χ3v) is 2.11. The number of aromatic nitrogens is 3. The van der Waals surface area contributed by atoms with Gasteiger partial charge in [0.05, 0.1) is 18.1 Å². The summed E-state index contributed by atoms with van der Waals surface area (Å²) in [5.41, 5.74) is 0.811. The Morgan fingerprint density at radius 3 is 2.59 bits per heavy atom. The van der Waals surface area contributed by atoms with E-state index in [0.717, 1.165) is 6.07 Å². The Kier molecular flexibility index (Phi) is 3.43. The second-order valence-corrected chi connectivity index (χ2v) is 3.38. The average Bonchev–Trinajstić information content (AvgIpc) is 2.33. The quantitative estimate of drug-likeness (QED) is 0.848. The van der Waals surface area contributed by atoms with Gasteiger partial charge in [-0.15, -0.1) is 0 Å². The van der Waals surface area contributed by atoms with Gasteiger partial charge in [0.25, 0.3) is 5.88 Å². The smallest absolute Gasteiger partial charge is 0.252 e. The summed E-state index contributed by atoms with van der Waals surface area (Å²) in [6.07, 6.45) is 4.03. The topological polar surface area (TPSA) is 47.9 Å². The lowest BCUT2D eigenvalue weighted by Crippen LogP contribution is -1.97. The van der Waals surface area contributed by atoms with E-state index < -0.39 is 18.6 Å². The number of nitrogens with zero attached hydrogens (tertiary/aromatic N) is 3. The van der Waals surface area contributed by atoms with Gasteiger partial charge in [0.1, 0.15) is 5.15 Å². The lowest BCUT2D eigenvalue weighted by Gasteiger charge is -2.04. The fourth-order valence-corrected chi connectivity index (χ4v) is 1.28. The molecule has 0 saturated heterocycles. The Bertz CT molecular complexity index is 521. The minimum Gasteiger partial charge on any atom is -0.444 e. The number of alkyl halides is 1. The Labute approximate surface area is 100 Å². The maximum absolute atomic E-state index is 13.4. The van der Waals surface area contributed by atoms with Crippen LogP contribution in [0.15, 0.2) is 24.7 Å². The van der Waals surface area contributed by atoms with E-state index in [9.17, 15) is 8.78 Å². The second kappa shape index (κ2) is 5.01. The predicted octanol–water partition coefficient (Wildman–Crippen LogP) is 2.64. The monoisotopic (exact) mass is 257 g/mol. The van der Waals surface area contributed by atoms with Crippen molar-refractivity contribution in [1.82, 2.24) is 15.0 Å². The van der Waals surface area contributed by atoms with Crippen molar-refractivity contribution in [3.63, 3.8) is 0 Å². The molecule has 0 N–H and O–H groups in total. The number of halogens is 3.